The Morgan fingerprint density at radius 2 is 2.00 bits per heavy atom. The summed E-state index contributed by atoms with van der Waals surface area (Å²) in [7, 11) is 0. The van der Waals surface area contributed by atoms with E-state index in [2.05, 4.69) is 42.6 Å². The lowest BCUT2D eigenvalue weighted by molar-refractivity contribution is 0.474. The SMILES string of the molecule is CCC[C@H]1CNC[C@H]1c1ccccc1. The van der Waals surface area contributed by atoms with Crippen molar-refractivity contribution in [2.45, 2.75) is 25.7 Å². The maximum Gasteiger partial charge on any atom is 0.00234 e. The van der Waals surface area contributed by atoms with Gasteiger partial charge in [-0.3, -0.25) is 0 Å². The molecule has 1 aromatic carbocycles. The van der Waals surface area contributed by atoms with Gasteiger partial charge in [0.2, 0.25) is 0 Å². The number of benzene rings is 1. The highest BCUT2D eigenvalue weighted by atomic mass is 14.9. The van der Waals surface area contributed by atoms with Gasteiger partial charge in [0.15, 0.2) is 0 Å². The lowest BCUT2D eigenvalue weighted by Gasteiger charge is -2.17. The quantitative estimate of drug-likeness (QED) is 0.771. The van der Waals surface area contributed by atoms with Gasteiger partial charge in [0.1, 0.15) is 0 Å². The molecule has 0 amide bonds. The molecule has 0 unspecified atom stereocenters. The highest BCUT2D eigenvalue weighted by Crippen LogP contribution is 2.30. The van der Waals surface area contributed by atoms with Crippen molar-refractivity contribution in [3.8, 4) is 0 Å². The van der Waals surface area contributed by atoms with Gasteiger partial charge in [-0.05, 0) is 24.4 Å². The third-order valence-corrected chi connectivity index (χ3v) is 3.23. The predicted octanol–water partition coefficient (Wildman–Crippen LogP) is 2.79. The first kappa shape index (κ1) is 9.72. The normalized spacial score (nSPS) is 26.6. The van der Waals surface area contributed by atoms with Crippen molar-refractivity contribution >= 4 is 0 Å². The third kappa shape index (κ3) is 1.98. The summed E-state index contributed by atoms with van der Waals surface area (Å²) < 4.78 is 0. The van der Waals surface area contributed by atoms with Crippen LogP contribution in [0.3, 0.4) is 0 Å². The molecule has 14 heavy (non-hydrogen) atoms. The Morgan fingerprint density at radius 1 is 1.21 bits per heavy atom. The maximum atomic E-state index is 3.51. The van der Waals surface area contributed by atoms with Crippen LogP contribution in [0.25, 0.3) is 0 Å². The van der Waals surface area contributed by atoms with Crippen LogP contribution < -0.4 is 5.32 Å². The molecule has 1 nitrogen and oxygen atoms in total. The molecule has 1 aromatic rings. The molecule has 1 aliphatic heterocycles. The van der Waals surface area contributed by atoms with E-state index < -0.39 is 0 Å². The average Bonchev–Trinajstić information content (AvgIpc) is 2.68. The molecule has 0 aromatic heterocycles. The Morgan fingerprint density at radius 3 is 2.71 bits per heavy atom. The Balaban J connectivity index is 2.10. The zero-order valence-corrected chi connectivity index (χ0v) is 8.87. The zero-order valence-electron chi connectivity index (χ0n) is 8.87. The fourth-order valence-corrected chi connectivity index (χ4v) is 2.50. The molecule has 2 rings (SSSR count). The van der Waals surface area contributed by atoms with E-state index in [1.807, 2.05) is 0 Å². The van der Waals surface area contributed by atoms with E-state index in [-0.39, 0.29) is 0 Å². The predicted molar refractivity (Wildman–Crippen MR) is 60.5 cm³/mol. The fraction of sp³-hybridized carbons (Fsp3) is 0.538. The second kappa shape index (κ2) is 4.61. The van der Waals surface area contributed by atoms with Gasteiger partial charge in [0, 0.05) is 12.5 Å². The lowest BCUT2D eigenvalue weighted by Crippen LogP contribution is -2.10. The summed E-state index contributed by atoms with van der Waals surface area (Å²) in [6, 6.07) is 10.9. The highest BCUT2D eigenvalue weighted by Gasteiger charge is 2.26. The largest absolute Gasteiger partial charge is 0.316 e. The zero-order chi connectivity index (χ0) is 9.80. The van der Waals surface area contributed by atoms with Gasteiger partial charge < -0.3 is 5.32 Å². The molecule has 1 heteroatoms. The molecule has 76 valence electrons. The van der Waals surface area contributed by atoms with Gasteiger partial charge in [-0.2, -0.15) is 0 Å². The van der Waals surface area contributed by atoms with Crippen LogP contribution in [0, 0.1) is 5.92 Å². The van der Waals surface area contributed by atoms with Crippen molar-refractivity contribution in [2.75, 3.05) is 13.1 Å². The number of rotatable bonds is 3. The van der Waals surface area contributed by atoms with Crippen LogP contribution in [0.4, 0.5) is 0 Å². The van der Waals surface area contributed by atoms with E-state index in [9.17, 15) is 0 Å². The first-order valence-electron chi connectivity index (χ1n) is 5.67. The monoisotopic (exact) mass is 189 g/mol. The van der Waals surface area contributed by atoms with E-state index in [1.54, 1.807) is 0 Å². The van der Waals surface area contributed by atoms with Crippen LogP contribution in [-0.4, -0.2) is 13.1 Å². The number of hydrogen-bond acceptors (Lipinski definition) is 1. The van der Waals surface area contributed by atoms with Gasteiger partial charge in [-0.15, -0.1) is 0 Å². The Hall–Kier alpha value is -0.820. The smallest absolute Gasteiger partial charge is 0.00234 e. The first-order valence-corrected chi connectivity index (χ1v) is 5.67. The van der Waals surface area contributed by atoms with Crippen molar-refractivity contribution < 1.29 is 0 Å². The van der Waals surface area contributed by atoms with Crippen LogP contribution in [0.1, 0.15) is 31.2 Å². The minimum absolute atomic E-state index is 0.746. The highest BCUT2D eigenvalue weighted by molar-refractivity contribution is 5.22. The molecule has 0 saturated carbocycles. The van der Waals surface area contributed by atoms with E-state index in [4.69, 9.17) is 0 Å². The minimum atomic E-state index is 0.746. The average molecular weight is 189 g/mol. The number of hydrogen-bond donors (Lipinski definition) is 1. The molecular formula is C13H19N. The topological polar surface area (TPSA) is 12.0 Å². The van der Waals surface area contributed by atoms with Gasteiger partial charge in [-0.25, -0.2) is 0 Å². The fourth-order valence-electron chi connectivity index (χ4n) is 2.50. The van der Waals surface area contributed by atoms with Crippen LogP contribution in [0.15, 0.2) is 30.3 Å². The summed E-state index contributed by atoms with van der Waals surface area (Å²) in [4.78, 5) is 0. The van der Waals surface area contributed by atoms with Crippen molar-refractivity contribution in [1.82, 2.24) is 5.32 Å². The van der Waals surface area contributed by atoms with Gasteiger partial charge >= 0.3 is 0 Å². The lowest BCUT2D eigenvalue weighted by atomic mass is 9.86. The summed E-state index contributed by atoms with van der Waals surface area (Å²) >= 11 is 0. The van der Waals surface area contributed by atoms with Crippen LogP contribution in [0.5, 0.6) is 0 Å². The van der Waals surface area contributed by atoms with E-state index in [1.165, 1.54) is 24.9 Å². The standard InChI is InChI=1S/C13H19N/c1-2-6-12-9-14-10-13(12)11-7-4-3-5-8-11/h3-5,7-8,12-14H,2,6,9-10H2,1H3/t12-,13-/m0/s1. The van der Waals surface area contributed by atoms with Gasteiger partial charge in [-0.1, -0.05) is 43.7 Å². The van der Waals surface area contributed by atoms with Gasteiger partial charge in [0.05, 0.1) is 0 Å². The van der Waals surface area contributed by atoms with Crippen LogP contribution >= 0.6 is 0 Å². The summed E-state index contributed by atoms with van der Waals surface area (Å²) in [6.07, 6.45) is 2.66. The molecular weight excluding hydrogens is 170 g/mol. The molecule has 0 aliphatic carbocycles. The van der Waals surface area contributed by atoms with Crippen molar-refractivity contribution in [2.24, 2.45) is 5.92 Å². The molecule has 1 fully saturated rings. The summed E-state index contributed by atoms with van der Waals surface area (Å²) in [5, 5.41) is 3.51. The Labute approximate surface area is 86.5 Å². The molecule has 0 bridgehead atoms. The van der Waals surface area contributed by atoms with Crippen molar-refractivity contribution in [1.29, 1.82) is 0 Å². The molecule has 0 radical (unpaired) electrons. The van der Waals surface area contributed by atoms with E-state index in [0.29, 0.717) is 0 Å². The second-order valence-corrected chi connectivity index (χ2v) is 4.22. The molecule has 1 saturated heterocycles. The van der Waals surface area contributed by atoms with E-state index in [0.717, 1.165) is 18.4 Å². The molecule has 1 aliphatic rings. The molecule has 0 spiro atoms. The van der Waals surface area contributed by atoms with E-state index >= 15 is 0 Å². The van der Waals surface area contributed by atoms with Crippen LogP contribution in [0.2, 0.25) is 0 Å². The van der Waals surface area contributed by atoms with Crippen molar-refractivity contribution in [3.05, 3.63) is 35.9 Å². The molecule has 2 atom stereocenters. The van der Waals surface area contributed by atoms with Gasteiger partial charge in [0.25, 0.3) is 0 Å². The Bertz CT molecular complexity index is 268. The summed E-state index contributed by atoms with van der Waals surface area (Å²) in [5.74, 6) is 1.60. The summed E-state index contributed by atoms with van der Waals surface area (Å²) in [6.45, 7) is 4.64. The molecule has 1 N–H and O–H groups in total. The second-order valence-electron chi connectivity index (χ2n) is 4.22. The van der Waals surface area contributed by atoms with Crippen molar-refractivity contribution in [3.63, 3.8) is 0 Å². The Kier molecular flexibility index (Phi) is 3.20. The first-order chi connectivity index (χ1) is 6.92. The third-order valence-electron chi connectivity index (χ3n) is 3.23. The number of nitrogens with one attached hydrogen (secondary N) is 1. The van der Waals surface area contributed by atoms with Crippen LogP contribution in [-0.2, 0) is 0 Å². The maximum absolute atomic E-state index is 3.51. The minimum Gasteiger partial charge on any atom is -0.316 e. The summed E-state index contributed by atoms with van der Waals surface area (Å²) in [5.41, 5.74) is 1.51. The molecule has 1 heterocycles.